The lowest BCUT2D eigenvalue weighted by molar-refractivity contribution is 0.341. The van der Waals surface area contributed by atoms with Crippen LogP contribution in [0.1, 0.15) is 16.7 Å². The Labute approximate surface area is 117 Å². The predicted octanol–water partition coefficient (Wildman–Crippen LogP) is 3.67. The topological polar surface area (TPSA) is 55.1 Å². The predicted molar refractivity (Wildman–Crippen MR) is 76.2 cm³/mol. The molecular formula is C16H14N2O2. The van der Waals surface area contributed by atoms with Crippen LogP contribution in [-0.4, -0.2) is 12.1 Å². The number of rotatable bonds is 4. The molecule has 1 heterocycles. The van der Waals surface area contributed by atoms with Gasteiger partial charge in [-0.1, -0.05) is 6.07 Å². The highest BCUT2D eigenvalue weighted by Crippen LogP contribution is 2.24. The van der Waals surface area contributed by atoms with Crippen molar-refractivity contribution in [3.8, 4) is 17.7 Å². The molecule has 0 fully saturated rings. The summed E-state index contributed by atoms with van der Waals surface area (Å²) in [6, 6.07) is 11.2. The number of pyridine rings is 1. The molecule has 4 heteroatoms. The first kappa shape index (κ1) is 13.6. The minimum absolute atomic E-state index is 0.465. The Bertz CT molecular complexity index is 655. The summed E-state index contributed by atoms with van der Waals surface area (Å²) < 4.78 is 10.6. The molecule has 0 N–H and O–H groups in total. The molecule has 0 atom stereocenters. The lowest BCUT2D eigenvalue weighted by atomic mass is 10.1. The molecular weight excluding hydrogens is 252 g/mol. The Kier molecular flexibility index (Phi) is 4.35. The second-order valence-electron chi connectivity index (χ2n) is 4.16. The largest absolute Gasteiger partial charge is 0.504 e. The maximum atomic E-state index is 8.72. The smallest absolute Gasteiger partial charge is 0.219 e. The molecule has 0 bridgehead atoms. The maximum absolute atomic E-state index is 8.72. The van der Waals surface area contributed by atoms with Gasteiger partial charge >= 0.3 is 0 Å². The fraction of sp³-hybridized carbons (Fsp3) is 0.125. The summed E-state index contributed by atoms with van der Waals surface area (Å²) in [4.78, 5) is 4.08. The third-order valence-corrected chi connectivity index (χ3v) is 2.68. The van der Waals surface area contributed by atoms with E-state index in [0.717, 1.165) is 16.9 Å². The van der Waals surface area contributed by atoms with E-state index in [9.17, 15) is 0 Å². The summed E-state index contributed by atoms with van der Waals surface area (Å²) in [6.07, 6.45) is 4.98. The first-order chi connectivity index (χ1) is 9.72. The molecule has 0 amide bonds. The quantitative estimate of drug-likeness (QED) is 0.792. The van der Waals surface area contributed by atoms with Gasteiger partial charge in [-0.3, -0.25) is 0 Å². The van der Waals surface area contributed by atoms with Crippen LogP contribution in [0.3, 0.4) is 0 Å². The SMILES string of the molecule is COC=Cc1ccc(Oc2ccc(C#N)cn2)c(C)c1. The van der Waals surface area contributed by atoms with E-state index in [1.54, 1.807) is 25.5 Å². The number of hydrogen-bond donors (Lipinski definition) is 0. The Morgan fingerprint density at radius 3 is 2.70 bits per heavy atom. The van der Waals surface area contributed by atoms with Crippen molar-refractivity contribution in [2.75, 3.05) is 7.11 Å². The Balaban J connectivity index is 2.17. The molecule has 1 aromatic carbocycles. The summed E-state index contributed by atoms with van der Waals surface area (Å²) in [5.41, 5.74) is 2.54. The van der Waals surface area contributed by atoms with Crippen LogP contribution in [0.5, 0.6) is 11.6 Å². The first-order valence-electron chi connectivity index (χ1n) is 6.07. The van der Waals surface area contributed by atoms with Gasteiger partial charge < -0.3 is 9.47 Å². The summed E-state index contributed by atoms with van der Waals surface area (Å²) in [5, 5.41) is 8.72. The molecule has 0 aliphatic heterocycles. The zero-order chi connectivity index (χ0) is 14.4. The third kappa shape index (κ3) is 3.36. The Morgan fingerprint density at radius 1 is 1.25 bits per heavy atom. The van der Waals surface area contributed by atoms with Crippen LogP contribution in [-0.2, 0) is 4.74 Å². The number of nitrogens with zero attached hydrogens (tertiary/aromatic N) is 2. The van der Waals surface area contributed by atoms with Gasteiger partial charge in [-0.2, -0.15) is 5.26 Å². The van der Waals surface area contributed by atoms with E-state index in [0.29, 0.717) is 11.4 Å². The molecule has 20 heavy (non-hydrogen) atoms. The molecule has 4 nitrogen and oxygen atoms in total. The summed E-state index contributed by atoms with van der Waals surface area (Å²) in [7, 11) is 1.61. The van der Waals surface area contributed by atoms with Crippen LogP contribution in [0.2, 0.25) is 0 Å². The number of methoxy groups -OCH3 is 1. The van der Waals surface area contributed by atoms with Gasteiger partial charge in [-0.25, -0.2) is 4.98 Å². The fourth-order valence-corrected chi connectivity index (χ4v) is 1.66. The lowest BCUT2D eigenvalue weighted by Gasteiger charge is -2.08. The molecule has 0 aliphatic carbocycles. The van der Waals surface area contributed by atoms with Crippen molar-refractivity contribution in [2.24, 2.45) is 0 Å². The second-order valence-corrected chi connectivity index (χ2v) is 4.16. The zero-order valence-corrected chi connectivity index (χ0v) is 11.3. The average Bonchev–Trinajstić information content (AvgIpc) is 2.48. The summed E-state index contributed by atoms with van der Waals surface area (Å²) in [6.45, 7) is 1.96. The zero-order valence-electron chi connectivity index (χ0n) is 11.3. The second kappa shape index (κ2) is 6.39. The summed E-state index contributed by atoms with van der Waals surface area (Å²) >= 11 is 0. The van der Waals surface area contributed by atoms with Gasteiger partial charge in [0, 0.05) is 12.3 Å². The van der Waals surface area contributed by atoms with Crippen molar-refractivity contribution >= 4 is 6.08 Å². The van der Waals surface area contributed by atoms with Crippen LogP contribution in [0.25, 0.3) is 6.08 Å². The van der Waals surface area contributed by atoms with Crippen LogP contribution in [0.15, 0.2) is 42.8 Å². The highest BCUT2D eigenvalue weighted by Gasteiger charge is 2.03. The maximum Gasteiger partial charge on any atom is 0.219 e. The molecule has 1 aromatic heterocycles. The number of nitriles is 1. The van der Waals surface area contributed by atoms with Crippen molar-refractivity contribution in [1.82, 2.24) is 4.98 Å². The molecule has 0 spiro atoms. The van der Waals surface area contributed by atoms with Gasteiger partial charge in [-0.05, 0) is 42.3 Å². The summed E-state index contributed by atoms with van der Waals surface area (Å²) in [5.74, 6) is 1.20. The Hall–Kier alpha value is -2.80. The Morgan fingerprint density at radius 2 is 2.10 bits per heavy atom. The van der Waals surface area contributed by atoms with Crippen molar-refractivity contribution in [2.45, 2.75) is 6.92 Å². The molecule has 0 saturated carbocycles. The average molecular weight is 266 g/mol. The molecule has 0 unspecified atom stereocenters. The van der Waals surface area contributed by atoms with Crippen molar-refractivity contribution in [3.63, 3.8) is 0 Å². The molecule has 2 aromatic rings. The van der Waals surface area contributed by atoms with Crippen molar-refractivity contribution in [3.05, 3.63) is 59.5 Å². The van der Waals surface area contributed by atoms with Gasteiger partial charge in [0.05, 0.1) is 18.9 Å². The number of hydrogen-bond acceptors (Lipinski definition) is 4. The number of benzene rings is 1. The van der Waals surface area contributed by atoms with Gasteiger partial charge in [0.1, 0.15) is 11.8 Å². The van der Waals surface area contributed by atoms with Crippen molar-refractivity contribution in [1.29, 1.82) is 5.26 Å². The normalized spacial score (nSPS) is 10.2. The van der Waals surface area contributed by atoms with E-state index in [1.807, 2.05) is 37.3 Å². The molecule has 0 radical (unpaired) electrons. The van der Waals surface area contributed by atoms with E-state index in [1.165, 1.54) is 6.20 Å². The van der Waals surface area contributed by atoms with Crippen LogP contribution < -0.4 is 4.74 Å². The van der Waals surface area contributed by atoms with Gasteiger partial charge in [0.2, 0.25) is 5.88 Å². The van der Waals surface area contributed by atoms with E-state index in [-0.39, 0.29) is 0 Å². The molecule has 0 saturated heterocycles. The van der Waals surface area contributed by atoms with Crippen LogP contribution in [0, 0.1) is 18.3 Å². The van der Waals surface area contributed by atoms with E-state index in [4.69, 9.17) is 14.7 Å². The highest BCUT2D eigenvalue weighted by molar-refractivity contribution is 5.52. The number of ether oxygens (including phenoxy) is 2. The van der Waals surface area contributed by atoms with Gasteiger partial charge in [0.15, 0.2) is 0 Å². The minimum Gasteiger partial charge on any atom is -0.504 e. The van der Waals surface area contributed by atoms with Gasteiger partial charge in [-0.15, -0.1) is 0 Å². The minimum atomic E-state index is 0.465. The van der Waals surface area contributed by atoms with Crippen LogP contribution in [0.4, 0.5) is 0 Å². The number of aromatic nitrogens is 1. The van der Waals surface area contributed by atoms with Crippen LogP contribution >= 0.6 is 0 Å². The molecule has 100 valence electrons. The van der Waals surface area contributed by atoms with Gasteiger partial charge in [0.25, 0.3) is 0 Å². The standard InChI is InChI=1S/C16H14N2O2/c1-12-9-13(7-8-19-2)3-5-15(12)20-16-6-4-14(10-17)11-18-16/h3-9,11H,1-2H3. The molecule has 2 rings (SSSR count). The monoisotopic (exact) mass is 266 g/mol. The highest BCUT2D eigenvalue weighted by atomic mass is 16.5. The lowest BCUT2D eigenvalue weighted by Crippen LogP contribution is -1.91. The number of aryl methyl sites for hydroxylation is 1. The fourth-order valence-electron chi connectivity index (χ4n) is 1.66. The first-order valence-corrected chi connectivity index (χ1v) is 6.07. The van der Waals surface area contributed by atoms with E-state index >= 15 is 0 Å². The van der Waals surface area contributed by atoms with E-state index in [2.05, 4.69) is 4.98 Å². The van der Waals surface area contributed by atoms with Crippen molar-refractivity contribution < 1.29 is 9.47 Å². The third-order valence-electron chi connectivity index (χ3n) is 2.68. The molecule has 0 aliphatic rings. The van der Waals surface area contributed by atoms with E-state index < -0.39 is 0 Å².